The molecule has 1 atom stereocenters. The number of hydrogen-bond acceptors (Lipinski definition) is 8. The number of benzene rings is 1. The number of nitrogens with zero attached hydrogens (tertiary/aromatic N) is 6. The molecule has 2 saturated carbocycles. The highest BCUT2D eigenvalue weighted by Crippen LogP contribution is 2.48. The smallest absolute Gasteiger partial charge is 0.295 e. The van der Waals surface area contributed by atoms with E-state index in [4.69, 9.17) is 9.97 Å². The van der Waals surface area contributed by atoms with Gasteiger partial charge in [-0.3, -0.25) is 9.36 Å². The highest BCUT2D eigenvalue weighted by atomic mass is 32.2. The molecule has 0 radical (unpaired) electrons. The van der Waals surface area contributed by atoms with Gasteiger partial charge < -0.3 is 5.32 Å². The van der Waals surface area contributed by atoms with Gasteiger partial charge in [0.15, 0.2) is 17.3 Å². The highest BCUT2D eigenvalue weighted by Gasteiger charge is 2.35. The normalized spacial score (nSPS) is 16.2. The fourth-order valence-electron chi connectivity index (χ4n) is 4.73. The van der Waals surface area contributed by atoms with Gasteiger partial charge in [0.25, 0.3) is 5.56 Å². The number of rotatable bonds is 9. The first-order valence-corrected chi connectivity index (χ1v) is 14.3. The maximum atomic E-state index is 13.7. The van der Waals surface area contributed by atoms with Crippen LogP contribution in [0.2, 0.25) is 0 Å². The Morgan fingerprint density at radius 3 is 2.30 bits per heavy atom. The van der Waals surface area contributed by atoms with Crippen LogP contribution in [0.25, 0.3) is 22.6 Å². The third-order valence-electron chi connectivity index (χ3n) is 7.34. The molecule has 37 heavy (non-hydrogen) atoms. The van der Waals surface area contributed by atoms with E-state index in [0.717, 1.165) is 54.6 Å². The minimum absolute atomic E-state index is 0.0417. The van der Waals surface area contributed by atoms with E-state index in [9.17, 15) is 4.79 Å². The summed E-state index contributed by atoms with van der Waals surface area (Å²) in [6.07, 6.45) is 10.8. The minimum atomic E-state index is -0.165. The van der Waals surface area contributed by atoms with Crippen LogP contribution in [0.15, 0.2) is 46.5 Å². The van der Waals surface area contributed by atoms with Gasteiger partial charge in [-0.25, -0.2) is 24.9 Å². The topological polar surface area (TPSA) is 98.5 Å². The van der Waals surface area contributed by atoms with Crippen LogP contribution in [-0.2, 0) is 6.54 Å². The molecule has 6 rings (SSSR count). The molecule has 0 saturated heterocycles. The van der Waals surface area contributed by atoms with Crippen LogP contribution in [-0.4, -0.2) is 35.7 Å². The first kappa shape index (κ1) is 24.0. The minimum Gasteiger partial charge on any atom is -0.361 e. The average Bonchev–Trinajstić information content (AvgIpc) is 3.84. The van der Waals surface area contributed by atoms with Crippen molar-refractivity contribution in [2.75, 3.05) is 11.6 Å². The molecule has 0 aliphatic heterocycles. The fourth-order valence-corrected chi connectivity index (χ4v) is 5.14. The molecule has 2 aliphatic carbocycles. The molecule has 0 amide bonds. The predicted molar refractivity (Wildman–Crippen MR) is 147 cm³/mol. The maximum absolute atomic E-state index is 13.7. The summed E-state index contributed by atoms with van der Waals surface area (Å²) in [5.41, 5.74) is 5.15. The summed E-state index contributed by atoms with van der Waals surface area (Å²) >= 11 is 1.71. The van der Waals surface area contributed by atoms with Crippen molar-refractivity contribution in [3.05, 3.63) is 64.1 Å². The van der Waals surface area contributed by atoms with Crippen LogP contribution >= 0.6 is 11.8 Å². The van der Waals surface area contributed by atoms with Crippen LogP contribution in [0.4, 0.5) is 5.82 Å². The van der Waals surface area contributed by atoms with Crippen LogP contribution < -0.4 is 10.9 Å². The van der Waals surface area contributed by atoms with Gasteiger partial charge >= 0.3 is 0 Å². The van der Waals surface area contributed by atoms with E-state index < -0.39 is 0 Å². The van der Waals surface area contributed by atoms with Crippen molar-refractivity contribution in [2.24, 2.45) is 0 Å². The van der Waals surface area contributed by atoms with E-state index >= 15 is 0 Å². The number of fused-ring (bicyclic) bond motifs is 1. The third kappa shape index (κ3) is 4.72. The maximum Gasteiger partial charge on any atom is 0.295 e. The lowest BCUT2D eigenvalue weighted by Gasteiger charge is -2.18. The van der Waals surface area contributed by atoms with Crippen molar-refractivity contribution in [1.82, 2.24) is 29.5 Å². The Bertz CT molecular complexity index is 1480. The van der Waals surface area contributed by atoms with Gasteiger partial charge in [-0.15, -0.1) is 11.8 Å². The van der Waals surface area contributed by atoms with Crippen molar-refractivity contribution < 1.29 is 0 Å². The van der Waals surface area contributed by atoms with E-state index in [1.54, 1.807) is 28.9 Å². The first-order chi connectivity index (χ1) is 18.1. The highest BCUT2D eigenvalue weighted by molar-refractivity contribution is 7.98. The van der Waals surface area contributed by atoms with E-state index in [1.807, 2.05) is 6.92 Å². The van der Waals surface area contributed by atoms with E-state index in [2.05, 4.69) is 57.7 Å². The van der Waals surface area contributed by atoms with Crippen LogP contribution in [0.1, 0.15) is 80.8 Å². The summed E-state index contributed by atoms with van der Waals surface area (Å²) in [6, 6.07) is 8.27. The van der Waals surface area contributed by atoms with Crippen molar-refractivity contribution >= 4 is 28.7 Å². The van der Waals surface area contributed by atoms with Crippen molar-refractivity contribution in [3.8, 4) is 11.4 Å². The molecular formula is C28H31N7OS. The van der Waals surface area contributed by atoms with Gasteiger partial charge in [0.2, 0.25) is 0 Å². The molecule has 1 N–H and O–H groups in total. The van der Waals surface area contributed by atoms with E-state index in [-0.39, 0.29) is 11.6 Å². The van der Waals surface area contributed by atoms with Gasteiger partial charge in [-0.1, -0.05) is 19.1 Å². The van der Waals surface area contributed by atoms with Gasteiger partial charge in [-0.2, -0.15) is 0 Å². The lowest BCUT2D eigenvalue weighted by Crippen LogP contribution is -2.28. The Hall–Kier alpha value is -3.33. The summed E-state index contributed by atoms with van der Waals surface area (Å²) in [5, 5.41) is 3.26. The molecule has 190 valence electrons. The monoisotopic (exact) mass is 513 g/mol. The Morgan fingerprint density at radius 1 is 1.03 bits per heavy atom. The molecule has 8 nitrogen and oxygen atoms in total. The number of anilines is 1. The molecule has 0 unspecified atom stereocenters. The molecule has 1 aromatic carbocycles. The lowest BCUT2D eigenvalue weighted by molar-refractivity contribution is 0.526. The van der Waals surface area contributed by atoms with Crippen LogP contribution in [0.5, 0.6) is 0 Å². The Balaban J connectivity index is 1.43. The molecule has 0 bridgehead atoms. The van der Waals surface area contributed by atoms with Gasteiger partial charge in [0.1, 0.15) is 11.8 Å². The van der Waals surface area contributed by atoms with Crippen LogP contribution in [0.3, 0.4) is 0 Å². The average molecular weight is 514 g/mol. The van der Waals surface area contributed by atoms with Gasteiger partial charge in [0.05, 0.1) is 23.1 Å². The second kappa shape index (κ2) is 9.85. The van der Waals surface area contributed by atoms with Crippen molar-refractivity contribution in [1.29, 1.82) is 0 Å². The molecule has 4 aromatic rings. The summed E-state index contributed by atoms with van der Waals surface area (Å²) in [4.78, 5) is 38.6. The molecular weight excluding hydrogens is 482 g/mol. The summed E-state index contributed by atoms with van der Waals surface area (Å²) in [6.45, 7) is 4.64. The second-order valence-electron chi connectivity index (χ2n) is 10.1. The number of thioether (sulfide) groups is 1. The summed E-state index contributed by atoms with van der Waals surface area (Å²) < 4.78 is 1.77. The van der Waals surface area contributed by atoms with Gasteiger partial charge in [-0.05, 0) is 63.0 Å². The quantitative estimate of drug-likeness (QED) is 0.285. The molecule has 3 aromatic heterocycles. The van der Waals surface area contributed by atoms with E-state index in [1.165, 1.54) is 4.90 Å². The molecule has 3 heterocycles. The zero-order valence-corrected chi connectivity index (χ0v) is 22.3. The number of hydrogen-bond donors (Lipinski definition) is 1. The second-order valence-corrected chi connectivity index (χ2v) is 10.9. The summed E-state index contributed by atoms with van der Waals surface area (Å²) in [5.74, 6) is 1.81. The number of nitrogens with one attached hydrogen (secondary N) is 1. The van der Waals surface area contributed by atoms with Crippen LogP contribution in [0, 0.1) is 0 Å². The number of aromatic nitrogens is 6. The Labute approximate surface area is 220 Å². The van der Waals surface area contributed by atoms with E-state index in [0.29, 0.717) is 41.2 Å². The lowest BCUT2D eigenvalue weighted by atomic mass is 10.0. The Kier molecular flexibility index (Phi) is 6.40. The zero-order chi connectivity index (χ0) is 25.5. The molecule has 9 heteroatoms. The molecule has 2 aliphatic rings. The fraction of sp³-hybridized carbons (Fsp3) is 0.429. The summed E-state index contributed by atoms with van der Waals surface area (Å²) in [7, 11) is 0. The zero-order valence-electron chi connectivity index (χ0n) is 21.4. The van der Waals surface area contributed by atoms with Crippen molar-refractivity contribution in [2.45, 2.75) is 75.3 Å². The third-order valence-corrected chi connectivity index (χ3v) is 8.08. The van der Waals surface area contributed by atoms with Gasteiger partial charge in [0, 0.05) is 29.3 Å². The predicted octanol–water partition coefficient (Wildman–Crippen LogP) is 5.70. The SMILES string of the molecule is CC[C@@H](C)n1c(=O)c(NCc2ccc(SC)cc2)nc2cnc(-c3c(C4CC4)ncnc3C3CC3)nc21. The Morgan fingerprint density at radius 2 is 1.70 bits per heavy atom. The molecule has 2 fully saturated rings. The molecule has 0 spiro atoms. The van der Waals surface area contributed by atoms with Crippen molar-refractivity contribution in [3.63, 3.8) is 0 Å². The largest absolute Gasteiger partial charge is 0.361 e. The first-order valence-electron chi connectivity index (χ1n) is 13.1. The standard InChI is InChI=1S/C28H31N7OS/c1-4-16(2)35-27-21(33-26(28(35)36)29-13-17-5-11-20(37-3)12-6-17)14-30-25(34-27)22-23(18-7-8-18)31-15-32-24(22)19-9-10-19/h5-6,11-12,14-16,18-19H,4,7-10,13H2,1-3H3,(H,29,33)/t16-/m1/s1.